The maximum Gasteiger partial charge on any atom is 0.237 e. The molecule has 0 aliphatic carbocycles. The van der Waals surface area contributed by atoms with Gasteiger partial charge < -0.3 is 10.4 Å². The molecule has 1 amide bonds. The second-order valence-electron chi connectivity index (χ2n) is 5.70. The molecule has 7 heteroatoms. The molecule has 1 aromatic heterocycles. The third kappa shape index (κ3) is 2.87. The van der Waals surface area contributed by atoms with Gasteiger partial charge in [0.05, 0.1) is 17.6 Å². The van der Waals surface area contributed by atoms with Crippen LogP contribution in [0.15, 0.2) is 59.7 Å². The number of carbonyl (C=O) groups excluding carboxylic acids is 2. The molecule has 0 spiro atoms. The van der Waals surface area contributed by atoms with Crippen molar-refractivity contribution in [1.82, 2.24) is 15.4 Å². The van der Waals surface area contributed by atoms with Crippen molar-refractivity contribution in [2.24, 2.45) is 11.0 Å². The molecular weight excluding hydrogens is 318 g/mol. The number of nitrogens with zero attached hydrogens (tertiary/aromatic N) is 2. The fraction of sp³-hybridized carbons (Fsp3) is 0.111. The zero-order chi connectivity index (χ0) is 17.2. The van der Waals surface area contributed by atoms with Gasteiger partial charge in [0.15, 0.2) is 0 Å². The Morgan fingerprint density at radius 2 is 1.80 bits per heavy atom. The monoisotopic (exact) mass is 333 g/mol. The molecule has 1 atom stereocenters. The van der Waals surface area contributed by atoms with E-state index in [0.717, 1.165) is 11.0 Å². The number of H-pyrrole nitrogens is 1. The molecule has 2 aromatic carbocycles. The fourth-order valence-corrected chi connectivity index (χ4v) is 2.78. The van der Waals surface area contributed by atoms with Crippen LogP contribution in [-0.2, 0) is 4.79 Å². The maximum absolute atomic E-state index is 12.6. The summed E-state index contributed by atoms with van der Waals surface area (Å²) in [5, 5.41) is 6.76. The Morgan fingerprint density at radius 3 is 2.60 bits per heavy atom. The SMILES string of the molecule is O=C(C1=NNCC1C(=O)Nc1nc2ccccc2[nH]1)c1ccccc1. The quantitative estimate of drug-likeness (QED) is 0.636. The highest BCUT2D eigenvalue weighted by Gasteiger charge is 2.34. The minimum atomic E-state index is -0.666. The lowest BCUT2D eigenvalue weighted by atomic mass is 9.96. The fourth-order valence-electron chi connectivity index (χ4n) is 2.78. The number of hydrazone groups is 1. The molecule has 2 heterocycles. The normalized spacial score (nSPS) is 16.3. The molecule has 3 aromatic rings. The molecule has 0 saturated heterocycles. The summed E-state index contributed by atoms with van der Waals surface area (Å²) in [7, 11) is 0. The van der Waals surface area contributed by atoms with Crippen molar-refractivity contribution in [2.45, 2.75) is 0 Å². The number of amides is 1. The third-order valence-corrected chi connectivity index (χ3v) is 4.04. The number of carbonyl (C=O) groups is 2. The molecule has 1 aliphatic heterocycles. The van der Waals surface area contributed by atoms with Crippen molar-refractivity contribution in [2.75, 3.05) is 11.9 Å². The first-order valence-electron chi connectivity index (χ1n) is 7.88. The van der Waals surface area contributed by atoms with E-state index >= 15 is 0 Å². The van der Waals surface area contributed by atoms with Crippen LogP contribution in [0.4, 0.5) is 5.95 Å². The number of aromatic amines is 1. The molecule has 0 radical (unpaired) electrons. The topological polar surface area (TPSA) is 99.2 Å². The Bertz CT molecular complexity index is 944. The van der Waals surface area contributed by atoms with Gasteiger partial charge in [0.1, 0.15) is 11.6 Å². The van der Waals surface area contributed by atoms with Gasteiger partial charge in [0.25, 0.3) is 0 Å². The van der Waals surface area contributed by atoms with Crippen LogP contribution in [-0.4, -0.2) is 33.9 Å². The van der Waals surface area contributed by atoms with E-state index in [1.165, 1.54) is 0 Å². The van der Waals surface area contributed by atoms with Gasteiger partial charge in [0.2, 0.25) is 17.6 Å². The summed E-state index contributed by atoms with van der Waals surface area (Å²) in [6, 6.07) is 16.3. The van der Waals surface area contributed by atoms with Gasteiger partial charge >= 0.3 is 0 Å². The van der Waals surface area contributed by atoms with Crippen LogP contribution < -0.4 is 10.7 Å². The average Bonchev–Trinajstić information content (AvgIpc) is 3.28. The maximum atomic E-state index is 12.6. The standard InChI is InChI=1S/C18H15N5O2/c24-16(11-6-2-1-3-7-11)15-12(10-19-23-15)17(25)22-18-20-13-8-4-5-9-14(13)21-18/h1-9,12,19H,10H2,(H2,20,21,22,25). The van der Waals surface area contributed by atoms with Crippen LogP contribution in [0.3, 0.4) is 0 Å². The van der Waals surface area contributed by atoms with E-state index in [4.69, 9.17) is 0 Å². The van der Waals surface area contributed by atoms with Crippen LogP contribution in [0.1, 0.15) is 10.4 Å². The minimum Gasteiger partial charge on any atom is -0.324 e. The van der Waals surface area contributed by atoms with E-state index in [9.17, 15) is 9.59 Å². The van der Waals surface area contributed by atoms with Crippen molar-refractivity contribution in [3.63, 3.8) is 0 Å². The third-order valence-electron chi connectivity index (χ3n) is 4.04. The number of para-hydroxylation sites is 2. The summed E-state index contributed by atoms with van der Waals surface area (Å²) in [6.07, 6.45) is 0. The second-order valence-corrected chi connectivity index (χ2v) is 5.70. The van der Waals surface area contributed by atoms with E-state index in [1.807, 2.05) is 30.3 Å². The molecule has 4 rings (SSSR count). The second kappa shape index (κ2) is 6.20. The number of anilines is 1. The summed E-state index contributed by atoms with van der Waals surface area (Å²) in [4.78, 5) is 32.5. The van der Waals surface area contributed by atoms with Crippen LogP contribution >= 0.6 is 0 Å². The summed E-state index contributed by atoms with van der Waals surface area (Å²) >= 11 is 0. The number of ketones is 1. The van der Waals surface area contributed by atoms with Gasteiger partial charge in [-0.2, -0.15) is 5.10 Å². The largest absolute Gasteiger partial charge is 0.324 e. The van der Waals surface area contributed by atoms with E-state index < -0.39 is 5.92 Å². The minimum absolute atomic E-state index is 0.208. The molecule has 124 valence electrons. The molecule has 1 aliphatic rings. The first kappa shape index (κ1) is 15.1. The van der Waals surface area contributed by atoms with Crippen LogP contribution in [0.25, 0.3) is 11.0 Å². The number of fused-ring (bicyclic) bond motifs is 1. The Labute approximate surface area is 143 Å². The first-order valence-corrected chi connectivity index (χ1v) is 7.88. The van der Waals surface area contributed by atoms with Gasteiger partial charge in [-0.25, -0.2) is 4.98 Å². The Hall–Kier alpha value is -3.48. The van der Waals surface area contributed by atoms with Crippen molar-refractivity contribution >= 4 is 34.4 Å². The van der Waals surface area contributed by atoms with Gasteiger partial charge in [-0.15, -0.1) is 0 Å². The molecular formula is C18H15N5O2. The van der Waals surface area contributed by atoms with Crippen molar-refractivity contribution in [3.05, 3.63) is 60.2 Å². The highest BCUT2D eigenvalue weighted by Crippen LogP contribution is 2.17. The van der Waals surface area contributed by atoms with Gasteiger partial charge in [-0.1, -0.05) is 42.5 Å². The van der Waals surface area contributed by atoms with Crippen molar-refractivity contribution < 1.29 is 9.59 Å². The average molecular weight is 333 g/mol. The highest BCUT2D eigenvalue weighted by molar-refractivity contribution is 6.50. The van der Waals surface area contributed by atoms with Crippen LogP contribution in [0.2, 0.25) is 0 Å². The number of nitrogens with one attached hydrogen (secondary N) is 3. The van der Waals surface area contributed by atoms with Crippen molar-refractivity contribution in [3.8, 4) is 0 Å². The molecule has 7 nitrogen and oxygen atoms in total. The zero-order valence-electron chi connectivity index (χ0n) is 13.2. The smallest absolute Gasteiger partial charge is 0.237 e. The number of benzene rings is 2. The lowest BCUT2D eigenvalue weighted by molar-refractivity contribution is -0.117. The van der Waals surface area contributed by atoms with Crippen LogP contribution in [0, 0.1) is 5.92 Å². The molecule has 0 fully saturated rings. The zero-order valence-corrected chi connectivity index (χ0v) is 13.2. The first-order chi connectivity index (χ1) is 12.2. The lowest BCUT2D eigenvalue weighted by Gasteiger charge is -2.10. The Balaban J connectivity index is 1.53. The summed E-state index contributed by atoms with van der Waals surface area (Å²) in [5.41, 5.74) is 5.05. The number of aromatic nitrogens is 2. The molecule has 3 N–H and O–H groups in total. The highest BCUT2D eigenvalue weighted by atomic mass is 16.2. The van der Waals surface area contributed by atoms with Crippen LogP contribution in [0.5, 0.6) is 0 Å². The molecule has 0 bridgehead atoms. The number of rotatable bonds is 4. The molecule has 0 saturated carbocycles. The summed E-state index contributed by atoms with van der Waals surface area (Å²) < 4.78 is 0. The predicted molar refractivity (Wildman–Crippen MR) is 94.4 cm³/mol. The number of imidazole rings is 1. The Kier molecular flexibility index (Phi) is 3.74. The lowest BCUT2D eigenvalue weighted by Crippen LogP contribution is -2.34. The molecule has 25 heavy (non-hydrogen) atoms. The van der Waals surface area contributed by atoms with E-state index in [-0.39, 0.29) is 23.9 Å². The number of hydrogen-bond donors (Lipinski definition) is 3. The van der Waals surface area contributed by atoms with E-state index in [0.29, 0.717) is 11.5 Å². The number of Topliss-reactive ketones (excluding diaryl/α,β-unsaturated/α-hetero) is 1. The number of hydrogen-bond acceptors (Lipinski definition) is 5. The van der Waals surface area contributed by atoms with Crippen molar-refractivity contribution in [1.29, 1.82) is 0 Å². The van der Waals surface area contributed by atoms with Gasteiger partial charge in [0, 0.05) is 5.56 Å². The predicted octanol–water partition coefficient (Wildman–Crippen LogP) is 1.96. The van der Waals surface area contributed by atoms with E-state index in [1.54, 1.807) is 24.3 Å². The molecule has 1 unspecified atom stereocenters. The summed E-state index contributed by atoms with van der Waals surface area (Å²) in [6.45, 7) is 0.278. The van der Waals surface area contributed by atoms with E-state index in [2.05, 4.69) is 25.8 Å². The van der Waals surface area contributed by atoms with Gasteiger partial charge in [-0.3, -0.25) is 14.9 Å². The van der Waals surface area contributed by atoms with Gasteiger partial charge in [-0.05, 0) is 12.1 Å². The Morgan fingerprint density at radius 1 is 1.04 bits per heavy atom. The summed E-state index contributed by atoms with van der Waals surface area (Å²) in [5.74, 6) is -0.895.